The van der Waals surface area contributed by atoms with Crippen molar-refractivity contribution in [2.75, 3.05) is 5.32 Å². The highest BCUT2D eigenvalue weighted by molar-refractivity contribution is 8.16. The van der Waals surface area contributed by atoms with Gasteiger partial charge in [-0.2, -0.15) is 4.99 Å². The molecule has 6 nitrogen and oxygen atoms in total. The van der Waals surface area contributed by atoms with Crippen molar-refractivity contribution in [3.63, 3.8) is 0 Å². The molecule has 3 aromatic carbocycles. The molecule has 3 N–H and O–H groups in total. The Kier molecular flexibility index (Phi) is 4.39. The van der Waals surface area contributed by atoms with Crippen LogP contribution in [0.5, 0.6) is 0 Å². The summed E-state index contributed by atoms with van der Waals surface area (Å²) in [6.07, 6.45) is 0. The summed E-state index contributed by atoms with van der Waals surface area (Å²) in [5, 5.41) is 11.1. The number of amides is 1. The van der Waals surface area contributed by atoms with Gasteiger partial charge in [0.25, 0.3) is 5.91 Å². The van der Waals surface area contributed by atoms with Gasteiger partial charge < -0.3 is 10.6 Å². The zero-order valence-corrected chi connectivity index (χ0v) is 18.3. The van der Waals surface area contributed by atoms with Crippen LogP contribution in [0.3, 0.4) is 0 Å². The van der Waals surface area contributed by atoms with Gasteiger partial charge in [0.05, 0.1) is 0 Å². The fourth-order valence-electron chi connectivity index (χ4n) is 4.36. The highest BCUT2D eigenvalue weighted by Gasteiger charge is 2.54. The maximum atomic E-state index is 13.5. The van der Waals surface area contributed by atoms with Gasteiger partial charge in [-0.25, -0.2) is 10.4 Å². The third-order valence-corrected chi connectivity index (χ3v) is 6.76. The summed E-state index contributed by atoms with van der Waals surface area (Å²) in [6.45, 7) is 0. The van der Waals surface area contributed by atoms with Crippen molar-refractivity contribution in [2.45, 2.75) is 5.54 Å². The molecule has 0 atom stereocenters. The van der Waals surface area contributed by atoms with Crippen LogP contribution in [0.2, 0.25) is 0 Å². The number of rotatable bonds is 2. The van der Waals surface area contributed by atoms with E-state index < -0.39 is 5.54 Å². The van der Waals surface area contributed by atoms with Crippen LogP contribution in [0.1, 0.15) is 11.1 Å². The highest BCUT2D eigenvalue weighted by atomic mass is 32.2. The molecule has 32 heavy (non-hydrogen) atoms. The second kappa shape index (κ2) is 7.30. The molecular weight excluding hydrogens is 438 g/mol. The second-order valence-electron chi connectivity index (χ2n) is 7.55. The summed E-state index contributed by atoms with van der Waals surface area (Å²) in [5.41, 5.74) is 7.16. The second-order valence-corrected chi connectivity index (χ2v) is 8.80. The van der Waals surface area contributed by atoms with E-state index in [4.69, 9.17) is 12.2 Å². The fourth-order valence-corrected chi connectivity index (χ4v) is 5.35. The number of carbonyl (C=O) groups excluding carboxylic acids is 1. The fraction of sp³-hybridized carbons (Fsp3) is 0.0417. The largest absolute Gasteiger partial charge is 0.332 e. The smallest absolute Gasteiger partial charge is 0.279 e. The van der Waals surface area contributed by atoms with Crippen LogP contribution < -0.4 is 16.1 Å². The van der Waals surface area contributed by atoms with E-state index in [-0.39, 0.29) is 5.91 Å². The number of para-hydroxylation sites is 1. The van der Waals surface area contributed by atoms with E-state index in [1.165, 1.54) is 11.8 Å². The number of hydrogen-bond donors (Lipinski definition) is 3. The van der Waals surface area contributed by atoms with Gasteiger partial charge in [0, 0.05) is 11.1 Å². The third-order valence-electron chi connectivity index (χ3n) is 5.73. The van der Waals surface area contributed by atoms with Crippen LogP contribution >= 0.6 is 24.0 Å². The first-order valence-corrected chi connectivity index (χ1v) is 11.4. The Hall–Kier alpha value is -3.46. The van der Waals surface area contributed by atoms with E-state index in [1.807, 2.05) is 89.3 Å². The Labute approximate surface area is 194 Å². The number of carbonyl (C=O) groups is 1. The molecule has 2 aliphatic heterocycles. The number of fused-ring (bicyclic) bond motifs is 6. The minimum absolute atomic E-state index is 0.228. The quantitative estimate of drug-likeness (QED) is 0.502. The number of aliphatic imine (C=N–C) groups is 1. The molecular formula is C24H17N5OS2. The van der Waals surface area contributed by atoms with E-state index >= 15 is 0 Å². The molecule has 1 aliphatic carbocycles. The number of hydrogen-bond acceptors (Lipinski definition) is 5. The van der Waals surface area contributed by atoms with E-state index in [9.17, 15) is 4.79 Å². The van der Waals surface area contributed by atoms with Crippen LogP contribution in [0.4, 0.5) is 5.69 Å². The van der Waals surface area contributed by atoms with Crippen molar-refractivity contribution in [1.29, 1.82) is 0 Å². The molecule has 0 unspecified atom stereocenters. The summed E-state index contributed by atoms with van der Waals surface area (Å²) in [7, 11) is 0. The molecule has 0 saturated carbocycles. The molecule has 0 bridgehead atoms. The average Bonchev–Trinajstić information content (AvgIpc) is 3.32. The number of thioether (sulfide) groups is 1. The van der Waals surface area contributed by atoms with Crippen LogP contribution in [-0.4, -0.2) is 21.2 Å². The molecule has 1 spiro atoms. The molecule has 156 valence electrons. The lowest BCUT2D eigenvalue weighted by Crippen LogP contribution is -2.61. The first-order chi connectivity index (χ1) is 15.7. The molecule has 1 amide bonds. The van der Waals surface area contributed by atoms with Gasteiger partial charge >= 0.3 is 0 Å². The summed E-state index contributed by atoms with van der Waals surface area (Å²) in [6, 6.07) is 25.7. The van der Waals surface area contributed by atoms with Crippen LogP contribution in [0.25, 0.3) is 11.1 Å². The van der Waals surface area contributed by atoms with Crippen molar-refractivity contribution < 1.29 is 4.79 Å². The molecule has 8 heteroatoms. The topological polar surface area (TPSA) is 68.8 Å². The third kappa shape index (κ3) is 2.81. The van der Waals surface area contributed by atoms with Gasteiger partial charge in [-0.1, -0.05) is 78.5 Å². The van der Waals surface area contributed by atoms with Gasteiger partial charge in [0.15, 0.2) is 15.8 Å². The number of thiocarbonyl (C=S) groups is 1. The predicted molar refractivity (Wildman–Crippen MR) is 132 cm³/mol. The van der Waals surface area contributed by atoms with Gasteiger partial charge in [0.2, 0.25) is 0 Å². The van der Waals surface area contributed by atoms with E-state index in [0.29, 0.717) is 16.1 Å². The van der Waals surface area contributed by atoms with Gasteiger partial charge in [-0.05, 0) is 46.6 Å². The van der Waals surface area contributed by atoms with Gasteiger partial charge in [0.1, 0.15) is 5.82 Å². The van der Waals surface area contributed by atoms with Crippen molar-refractivity contribution in [3.8, 4) is 11.1 Å². The van der Waals surface area contributed by atoms with Gasteiger partial charge in [-0.3, -0.25) is 4.79 Å². The minimum atomic E-state index is -1.09. The Morgan fingerprint density at radius 1 is 0.906 bits per heavy atom. The maximum absolute atomic E-state index is 13.5. The standard InChI is InChI=1S/C24H17N5OS2/c30-21-24(18-12-6-4-10-16(18)17-11-5-7-13-19(17)24)28-29-20(14-32-23(29)27-21)26-22(31)25-15-8-2-1-3-9-15/h1-14,28H,(H2,25,26,31). The number of anilines is 1. The minimum Gasteiger partial charge on any atom is -0.332 e. The Morgan fingerprint density at radius 2 is 1.53 bits per heavy atom. The van der Waals surface area contributed by atoms with Crippen molar-refractivity contribution in [2.24, 2.45) is 4.99 Å². The molecule has 0 saturated heterocycles. The Balaban J connectivity index is 1.35. The molecule has 0 radical (unpaired) electrons. The number of nitrogens with one attached hydrogen (secondary N) is 3. The van der Waals surface area contributed by atoms with Crippen LogP contribution in [0, 0.1) is 0 Å². The number of nitrogens with zero attached hydrogens (tertiary/aromatic N) is 2. The molecule has 3 aromatic rings. The lowest BCUT2D eigenvalue weighted by atomic mass is 9.87. The zero-order chi connectivity index (χ0) is 21.7. The Morgan fingerprint density at radius 3 is 2.22 bits per heavy atom. The summed E-state index contributed by atoms with van der Waals surface area (Å²) in [5.74, 6) is 0.476. The number of amidine groups is 1. The highest BCUT2D eigenvalue weighted by Crippen LogP contribution is 2.50. The maximum Gasteiger partial charge on any atom is 0.279 e. The van der Waals surface area contributed by atoms with Crippen LogP contribution in [-0.2, 0) is 10.3 Å². The van der Waals surface area contributed by atoms with Gasteiger partial charge in [-0.15, -0.1) is 0 Å². The monoisotopic (exact) mass is 455 g/mol. The molecule has 6 rings (SSSR count). The van der Waals surface area contributed by atoms with E-state index in [1.54, 1.807) is 0 Å². The average molecular weight is 456 g/mol. The SMILES string of the molecule is O=C1N=C2SC=C(NC(=S)Nc3ccccc3)N2NC12c1ccccc1-c1ccccc12. The summed E-state index contributed by atoms with van der Waals surface area (Å²) >= 11 is 6.88. The lowest BCUT2D eigenvalue weighted by molar-refractivity contribution is -0.125. The summed E-state index contributed by atoms with van der Waals surface area (Å²) < 4.78 is 0. The van der Waals surface area contributed by atoms with Crippen molar-refractivity contribution in [1.82, 2.24) is 15.8 Å². The molecule has 0 fully saturated rings. The Bertz CT molecular complexity index is 1290. The van der Waals surface area contributed by atoms with E-state index in [0.717, 1.165) is 27.9 Å². The predicted octanol–water partition coefficient (Wildman–Crippen LogP) is 4.15. The molecule has 0 aromatic heterocycles. The van der Waals surface area contributed by atoms with Crippen molar-refractivity contribution >= 4 is 45.9 Å². The summed E-state index contributed by atoms with van der Waals surface area (Å²) in [4.78, 5) is 18.0. The zero-order valence-electron chi connectivity index (χ0n) is 16.7. The molecule has 2 heterocycles. The normalized spacial score (nSPS) is 17.2. The lowest BCUT2D eigenvalue weighted by Gasteiger charge is -2.39. The van der Waals surface area contributed by atoms with Crippen molar-refractivity contribution in [3.05, 3.63) is 101 Å². The number of hydrazine groups is 1. The van der Waals surface area contributed by atoms with Crippen LogP contribution in [0.15, 0.2) is 95.1 Å². The number of benzene rings is 3. The molecule has 3 aliphatic rings. The first kappa shape index (κ1) is 19.2. The first-order valence-electron chi connectivity index (χ1n) is 10.1. The van der Waals surface area contributed by atoms with E-state index in [2.05, 4.69) is 21.1 Å².